The first-order chi connectivity index (χ1) is 11.2. The summed E-state index contributed by atoms with van der Waals surface area (Å²) < 4.78 is 0. The van der Waals surface area contributed by atoms with Gasteiger partial charge in [0.15, 0.2) is 0 Å². The van der Waals surface area contributed by atoms with Gasteiger partial charge in [-0.15, -0.1) is 0 Å². The summed E-state index contributed by atoms with van der Waals surface area (Å²) >= 11 is 0. The molecule has 1 heteroatoms. The van der Waals surface area contributed by atoms with Crippen LogP contribution in [0, 0.1) is 23.7 Å². The molecule has 1 nitrogen and oxygen atoms in total. The van der Waals surface area contributed by atoms with Crippen LogP contribution >= 0.6 is 0 Å². The zero-order valence-corrected chi connectivity index (χ0v) is 15.7. The Morgan fingerprint density at radius 2 is 1.70 bits per heavy atom. The maximum absolute atomic E-state index is 4.59. The fraction of sp³-hybridized carbons (Fsp3) is 0.909. The van der Waals surface area contributed by atoms with Gasteiger partial charge in [0.1, 0.15) is 0 Å². The van der Waals surface area contributed by atoms with Crippen molar-refractivity contribution in [1.29, 1.82) is 0 Å². The molecule has 0 amide bonds. The van der Waals surface area contributed by atoms with E-state index in [2.05, 4.69) is 25.7 Å². The Labute approximate surface area is 144 Å². The molecule has 3 rings (SSSR count). The monoisotopic (exact) mass is 317 g/mol. The number of fused-ring (bicyclic) bond motifs is 1. The second-order valence-electron chi connectivity index (χ2n) is 8.72. The Kier molecular flexibility index (Phi) is 6.24. The predicted octanol–water partition coefficient (Wildman–Crippen LogP) is 6.10. The molecule has 0 aromatic heterocycles. The first kappa shape index (κ1) is 17.5. The molecule has 1 aliphatic carbocycles. The van der Waals surface area contributed by atoms with Gasteiger partial charge in [0.25, 0.3) is 0 Å². The minimum absolute atomic E-state index is 0.807. The molecule has 2 bridgehead atoms. The lowest BCUT2D eigenvalue weighted by molar-refractivity contribution is 0.154. The van der Waals surface area contributed by atoms with Crippen LogP contribution in [0.25, 0.3) is 0 Å². The van der Waals surface area contributed by atoms with Crippen LogP contribution in [0.5, 0.6) is 0 Å². The topological polar surface area (TPSA) is 12.0 Å². The van der Waals surface area contributed by atoms with E-state index in [0.29, 0.717) is 0 Å². The molecule has 2 heterocycles. The van der Waals surface area contributed by atoms with Crippen molar-refractivity contribution in [2.75, 3.05) is 0 Å². The molecule has 3 aliphatic rings. The van der Waals surface area contributed by atoms with Crippen LogP contribution in [0.4, 0.5) is 0 Å². The number of hydrogen-bond acceptors (Lipinski definition) is 1. The van der Waals surface area contributed by atoms with Crippen molar-refractivity contribution in [2.24, 2.45) is 23.7 Å². The van der Waals surface area contributed by atoms with Gasteiger partial charge in [-0.05, 0) is 55.8 Å². The molecule has 2 saturated heterocycles. The normalized spacial score (nSPS) is 39.0. The van der Waals surface area contributed by atoms with Crippen molar-refractivity contribution >= 4 is 0 Å². The molecular weight excluding hydrogens is 278 g/mol. The summed E-state index contributed by atoms with van der Waals surface area (Å²) in [6.45, 7) is 9.30. The molecule has 132 valence electrons. The largest absolute Gasteiger partial charge is 0.310 e. The molecule has 23 heavy (non-hydrogen) atoms. The number of hydrogen-bond donors (Lipinski definition) is 1. The zero-order chi connectivity index (χ0) is 16.2. The average molecular weight is 318 g/mol. The van der Waals surface area contributed by atoms with E-state index < -0.39 is 0 Å². The van der Waals surface area contributed by atoms with E-state index in [9.17, 15) is 0 Å². The Balaban J connectivity index is 1.47. The molecule has 2 aliphatic heterocycles. The molecule has 0 radical (unpaired) electrons. The lowest BCUT2D eigenvalue weighted by atomic mass is 9.63. The first-order valence-corrected chi connectivity index (χ1v) is 10.7. The number of nitrogens with one attached hydrogen (secondary N) is 1. The lowest BCUT2D eigenvalue weighted by Gasteiger charge is -2.46. The second-order valence-corrected chi connectivity index (χ2v) is 8.72. The number of rotatable bonds is 9. The summed E-state index contributed by atoms with van der Waals surface area (Å²) in [5, 5.41) is 3.96. The van der Waals surface area contributed by atoms with Crippen molar-refractivity contribution < 1.29 is 0 Å². The van der Waals surface area contributed by atoms with Gasteiger partial charge in [-0.2, -0.15) is 0 Å². The Morgan fingerprint density at radius 1 is 0.957 bits per heavy atom. The second kappa shape index (κ2) is 8.19. The van der Waals surface area contributed by atoms with E-state index >= 15 is 0 Å². The Hall–Kier alpha value is -0.300. The molecule has 0 spiro atoms. The van der Waals surface area contributed by atoms with E-state index in [4.69, 9.17) is 0 Å². The minimum atomic E-state index is 0.807. The Morgan fingerprint density at radius 3 is 2.43 bits per heavy atom. The summed E-state index contributed by atoms with van der Waals surface area (Å²) in [6.07, 6.45) is 17.1. The summed E-state index contributed by atoms with van der Waals surface area (Å²) in [7, 11) is 0. The molecule has 6 atom stereocenters. The third-order valence-corrected chi connectivity index (χ3v) is 7.24. The standard InChI is InChI=1S/C22H39N/c1-4-6-7-8-9-10-11-12-17-13-19-14-18-15-21(22(18)23-19)16(3)20(17)5-2/h17-23H,3-15H2,1-2H3. The van der Waals surface area contributed by atoms with E-state index in [-0.39, 0.29) is 0 Å². The van der Waals surface area contributed by atoms with Crippen molar-refractivity contribution in [2.45, 2.75) is 103 Å². The highest BCUT2D eigenvalue weighted by Crippen LogP contribution is 2.52. The predicted molar refractivity (Wildman–Crippen MR) is 101 cm³/mol. The van der Waals surface area contributed by atoms with Crippen LogP contribution in [0.3, 0.4) is 0 Å². The maximum atomic E-state index is 4.59. The highest BCUT2D eigenvalue weighted by Gasteiger charge is 2.51. The Bertz CT molecular complexity index is 387. The lowest BCUT2D eigenvalue weighted by Crippen LogP contribution is -2.50. The zero-order valence-electron chi connectivity index (χ0n) is 15.7. The molecule has 1 saturated carbocycles. The van der Waals surface area contributed by atoms with E-state index in [0.717, 1.165) is 35.8 Å². The quantitative estimate of drug-likeness (QED) is 0.400. The SMILES string of the molecule is C=C1C(CC)C(CCCCCCCCC)CC2CC3CC1C3N2. The highest BCUT2D eigenvalue weighted by atomic mass is 15.0. The number of unbranched alkanes of at least 4 members (excludes halogenated alkanes) is 6. The molecule has 6 unspecified atom stereocenters. The van der Waals surface area contributed by atoms with Crippen LogP contribution in [-0.2, 0) is 0 Å². The van der Waals surface area contributed by atoms with E-state index in [1.807, 2.05) is 0 Å². The van der Waals surface area contributed by atoms with Crippen LogP contribution in [0.15, 0.2) is 12.2 Å². The van der Waals surface area contributed by atoms with E-state index in [1.54, 1.807) is 5.57 Å². The summed E-state index contributed by atoms with van der Waals surface area (Å²) in [6, 6.07) is 1.63. The smallest absolute Gasteiger partial charge is 0.0164 e. The molecule has 3 fully saturated rings. The third-order valence-electron chi connectivity index (χ3n) is 7.24. The average Bonchev–Trinajstić information content (AvgIpc) is 2.86. The maximum Gasteiger partial charge on any atom is 0.0164 e. The molecule has 0 aromatic carbocycles. The fourth-order valence-electron chi connectivity index (χ4n) is 5.88. The van der Waals surface area contributed by atoms with Gasteiger partial charge in [0.05, 0.1) is 0 Å². The van der Waals surface area contributed by atoms with E-state index in [1.165, 1.54) is 77.0 Å². The van der Waals surface area contributed by atoms with Gasteiger partial charge < -0.3 is 5.32 Å². The van der Waals surface area contributed by atoms with Crippen molar-refractivity contribution in [3.63, 3.8) is 0 Å². The van der Waals surface area contributed by atoms with Gasteiger partial charge >= 0.3 is 0 Å². The molecule has 1 N–H and O–H groups in total. The van der Waals surface area contributed by atoms with Crippen molar-refractivity contribution in [1.82, 2.24) is 5.32 Å². The summed E-state index contributed by atoms with van der Waals surface area (Å²) in [5.74, 6) is 3.51. The fourth-order valence-corrected chi connectivity index (χ4v) is 5.88. The van der Waals surface area contributed by atoms with Gasteiger partial charge in [-0.3, -0.25) is 0 Å². The molecule has 0 aromatic rings. The van der Waals surface area contributed by atoms with Crippen LogP contribution < -0.4 is 5.32 Å². The minimum Gasteiger partial charge on any atom is -0.310 e. The summed E-state index contributed by atoms with van der Waals surface area (Å²) in [4.78, 5) is 0. The van der Waals surface area contributed by atoms with Crippen LogP contribution in [-0.4, -0.2) is 12.1 Å². The molecular formula is C22H39N. The first-order valence-electron chi connectivity index (χ1n) is 10.7. The van der Waals surface area contributed by atoms with Gasteiger partial charge in [-0.1, -0.05) is 70.9 Å². The van der Waals surface area contributed by atoms with Gasteiger partial charge in [0.2, 0.25) is 0 Å². The van der Waals surface area contributed by atoms with Crippen LogP contribution in [0.1, 0.15) is 90.9 Å². The van der Waals surface area contributed by atoms with Crippen molar-refractivity contribution in [3.05, 3.63) is 12.2 Å². The highest BCUT2D eigenvalue weighted by molar-refractivity contribution is 5.21. The van der Waals surface area contributed by atoms with Gasteiger partial charge in [0, 0.05) is 12.1 Å². The van der Waals surface area contributed by atoms with Crippen molar-refractivity contribution in [3.8, 4) is 0 Å². The third kappa shape index (κ3) is 3.86. The van der Waals surface area contributed by atoms with Crippen LogP contribution in [0.2, 0.25) is 0 Å². The summed E-state index contributed by atoms with van der Waals surface area (Å²) in [5.41, 5.74) is 1.62. The van der Waals surface area contributed by atoms with Gasteiger partial charge in [-0.25, -0.2) is 0 Å².